The van der Waals surface area contributed by atoms with Crippen LogP contribution in [0, 0.1) is 0 Å². The monoisotopic (exact) mass is 279 g/mol. The van der Waals surface area contributed by atoms with Gasteiger partial charge in [0.25, 0.3) is 0 Å². The van der Waals surface area contributed by atoms with Crippen LogP contribution in [0.25, 0.3) is 0 Å². The Labute approximate surface area is 118 Å². The molecule has 5 heteroatoms. The number of benzene rings is 1. The Morgan fingerprint density at radius 3 is 2.55 bits per heavy atom. The number of carboxylic acids is 1. The van der Waals surface area contributed by atoms with Gasteiger partial charge >= 0.3 is 5.97 Å². The molecule has 5 nitrogen and oxygen atoms in total. The molecule has 1 aliphatic rings. The van der Waals surface area contributed by atoms with Crippen LogP contribution >= 0.6 is 0 Å². The second-order valence-electron chi connectivity index (χ2n) is 5.65. The third kappa shape index (κ3) is 3.42. The Kier molecular flexibility index (Phi) is 4.18. The van der Waals surface area contributed by atoms with E-state index in [1.165, 1.54) is 13.8 Å². The molecule has 0 radical (unpaired) electrons. The second kappa shape index (κ2) is 5.71. The summed E-state index contributed by atoms with van der Waals surface area (Å²) in [6.45, 7) is 4.60. The number of hydrogen-bond acceptors (Lipinski definition) is 4. The van der Waals surface area contributed by atoms with Crippen molar-refractivity contribution in [2.45, 2.75) is 38.4 Å². The molecule has 1 fully saturated rings. The molecule has 0 bridgehead atoms. The van der Waals surface area contributed by atoms with Crippen molar-refractivity contribution < 1.29 is 19.7 Å². The third-order valence-corrected chi connectivity index (χ3v) is 3.49. The van der Waals surface area contributed by atoms with Crippen molar-refractivity contribution >= 4 is 11.7 Å². The lowest BCUT2D eigenvalue weighted by Crippen LogP contribution is -2.38. The van der Waals surface area contributed by atoms with E-state index in [1.54, 1.807) is 12.1 Å². The zero-order chi connectivity index (χ0) is 14.8. The molecule has 0 spiro atoms. The maximum absolute atomic E-state index is 11.0. The van der Waals surface area contributed by atoms with Crippen LogP contribution in [-0.2, 0) is 4.79 Å². The summed E-state index contributed by atoms with van der Waals surface area (Å²) in [5.41, 5.74) is -0.229. The van der Waals surface area contributed by atoms with Gasteiger partial charge in [0.2, 0.25) is 0 Å². The van der Waals surface area contributed by atoms with E-state index in [0.717, 1.165) is 25.1 Å². The highest BCUT2D eigenvalue weighted by Crippen LogP contribution is 2.25. The Morgan fingerprint density at radius 2 is 2.00 bits per heavy atom. The number of β-amino-alcohol motifs (C(OH)–C–C–N with tert-alkyl or cyclic N) is 1. The Balaban J connectivity index is 2.04. The standard InChI is InChI=1S/C15H21NO4/c1-15(2,14(18)19)20-13-7-5-11(6-8-13)16-9-3-4-12(17)10-16/h5-8,12,17H,3-4,9-10H2,1-2H3,(H,18,19). The van der Waals surface area contributed by atoms with Gasteiger partial charge < -0.3 is 19.8 Å². The Hall–Kier alpha value is -1.75. The number of ether oxygens (including phenoxy) is 1. The Morgan fingerprint density at radius 1 is 1.35 bits per heavy atom. The molecular formula is C15H21NO4. The van der Waals surface area contributed by atoms with Gasteiger partial charge in [-0.1, -0.05) is 0 Å². The van der Waals surface area contributed by atoms with Crippen LogP contribution in [0.15, 0.2) is 24.3 Å². The number of anilines is 1. The molecular weight excluding hydrogens is 258 g/mol. The fourth-order valence-electron chi connectivity index (χ4n) is 2.25. The zero-order valence-corrected chi connectivity index (χ0v) is 11.9. The quantitative estimate of drug-likeness (QED) is 0.880. The lowest BCUT2D eigenvalue weighted by atomic mass is 10.1. The van der Waals surface area contributed by atoms with E-state index in [2.05, 4.69) is 4.90 Å². The summed E-state index contributed by atoms with van der Waals surface area (Å²) in [5, 5.41) is 18.7. The fraction of sp³-hybridized carbons (Fsp3) is 0.533. The largest absolute Gasteiger partial charge is 0.478 e. The number of aliphatic hydroxyl groups excluding tert-OH is 1. The van der Waals surface area contributed by atoms with Crippen LogP contribution in [-0.4, -0.2) is 41.0 Å². The van der Waals surface area contributed by atoms with Gasteiger partial charge in [0.15, 0.2) is 5.60 Å². The lowest BCUT2D eigenvalue weighted by Gasteiger charge is -2.32. The summed E-state index contributed by atoms with van der Waals surface area (Å²) >= 11 is 0. The van der Waals surface area contributed by atoms with Gasteiger partial charge in [0, 0.05) is 18.8 Å². The van der Waals surface area contributed by atoms with Crippen molar-refractivity contribution in [2.24, 2.45) is 0 Å². The van der Waals surface area contributed by atoms with Gasteiger partial charge in [-0.05, 0) is 51.0 Å². The average molecular weight is 279 g/mol. The van der Waals surface area contributed by atoms with Gasteiger partial charge in [-0.3, -0.25) is 0 Å². The number of nitrogens with zero attached hydrogens (tertiary/aromatic N) is 1. The highest BCUT2D eigenvalue weighted by Gasteiger charge is 2.29. The number of aliphatic hydroxyl groups is 1. The average Bonchev–Trinajstić information content (AvgIpc) is 2.39. The molecule has 1 unspecified atom stereocenters. The molecule has 2 rings (SSSR count). The summed E-state index contributed by atoms with van der Waals surface area (Å²) in [4.78, 5) is 13.1. The van der Waals surface area contributed by atoms with Crippen LogP contribution in [0.5, 0.6) is 5.75 Å². The zero-order valence-electron chi connectivity index (χ0n) is 11.9. The number of carboxylic acid groups (broad SMARTS) is 1. The number of hydrogen-bond donors (Lipinski definition) is 2. The normalized spacial score (nSPS) is 19.8. The first-order chi connectivity index (χ1) is 9.38. The molecule has 1 aliphatic heterocycles. The molecule has 0 aromatic heterocycles. The molecule has 1 heterocycles. The van der Waals surface area contributed by atoms with Crippen LogP contribution in [0.1, 0.15) is 26.7 Å². The van der Waals surface area contributed by atoms with Gasteiger partial charge in [-0.2, -0.15) is 0 Å². The molecule has 0 aliphatic carbocycles. The van der Waals surface area contributed by atoms with Crippen LogP contribution in [0.2, 0.25) is 0 Å². The molecule has 1 atom stereocenters. The number of rotatable bonds is 4. The van der Waals surface area contributed by atoms with Gasteiger partial charge in [0.1, 0.15) is 5.75 Å². The molecule has 1 aromatic rings. The SMILES string of the molecule is CC(C)(Oc1ccc(N2CCCC(O)C2)cc1)C(=O)O. The maximum atomic E-state index is 11.0. The maximum Gasteiger partial charge on any atom is 0.347 e. The summed E-state index contributed by atoms with van der Waals surface area (Å²) in [6.07, 6.45) is 1.56. The summed E-state index contributed by atoms with van der Waals surface area (Å²) < 4.78 is 5.46. The smallest absolute Gasteiger partial charge is 0.347 e. The highest BCUT2D eigenvalue weighted by atomic mass is 16.5. The van der Waals surface area contributed by atoms with Gasteiger partial charge in [-0.25, -0.2) is 4.79 Å². The second-order valence-corrected chi connectivity index (χ2v) is 5.65. The van der Waals surface area contributed by atoms with E-state index in [0.29, 0.717) is 12.3 Å². The molecule has 20 heavy (non-hydrogen) atoms. The van der Waals surface area contributed by atoms with Crippen molar-refractivity contribution in [3.63, 3.8) is 0 Å². The molecule has 2 N–H and O–H groups in total. The first kappa shape index (κ1) is 14.7. The van der Waals surface area contributed by atoms with Gasteiger partial charge in [0.05, 0.1) is 6.10 Å². The van der Waals surface area contributed by atoms with Gasteiger partial charge in [-0.15, -0.1) is 0 Å². The molecule has 1 saturated heterocycles. The molecule has 0 amide bonds. The fourth-order valence-corrected chi connectivity index (χ4v) is 2.25. The van der Waals surface area contributed by atoms with Crippen molar-refractivity contribution in [3.05, 3.63) is 24.3 Å². The summed E-state index contributed by atoms with van der Waals surface area (Å²) in [5.74, 6) is -0.473. The first-order valence-electron chi connectivity index (χ1n) is 6.84. The van der Waals surface area contributed by atoms with E-state index in [1.807, 2.05) is 12.1 Å². The minimum absolute atomic E-state index is 0.273. The van der Waals surface area contributed by atoms with E-state index in [4.69, 9.17) is 9.84 Å². The topological polar surface area (TPSA) is 70.0 Å². The predicted molar refractivity (Wildman–Crippen MR) is 76.2 cm³/mol. The Bertz CT molecular complexity index is 469. The van der Waals surface area contributed by atoms with E-state index in [-0.39, 0.29) is 6.10 Å². The van der Waals surface area contributed by atoms with Crippen LogP contribution in [0.3, 0.4) is 0 Å². The van der Waals surface area contributed by atoms with E-state index in [9.17, 15) is 9.90 Å². The predicted octanol–water partition coefficient (Wildman–Crippen LogP) is 1.89. The summed E-state index contributed by atoms with van der Waals surface area (Å²) in [7, 11) is 0. The van der Waals surface area contributed by atoms with Crippen molar-refractivity contribution in [1.82, 2.24) is 0 Å². The van der Waals surface area contributed by atoms with Crippen molar-refractivity contribution in [3.8, 4) is 5.75 Å². The minimum atomic E-state index is -1.25. The third-order valence-electron chi connectivity index (χ3n) is 3.49. The van der Waals surface area contributed by atoms with E-state index < -0.39 is 11.6 Å². The number of carbonyl (C=O) groups is 1. The minimum Gasteiger partial charge on any atom is -0.478 e. The van der Waals surface area contributed by atoms with Crippen molar-refractivity contribution in [1.29, 1.82) is 0 Å². The number of aliphatic carboxylic acids is 1. The van der Waals surface area contributed by atoms with Crippen LogP contribution in [0.4, 0.5) is 5.69 Å². The van der Waals surface area contributed by atoms with Crippen molar-refractivity contribution in [2.75, 3.05) is 18.0 Å². The first-order valence-corrected chi connectivity index (χ1v) is 6.84. The van der Waals surface area contributed by atoms with Crippen LogP contribution < -0.4 is 9.64 Å². The molecule has 110 valence electrons. The van der Waals surface area contributed by atoms with E-state index >= 15 is 0 Å². The lowest BCUT2D eigenvalue weighted by molar-refractivity contribution is -0.152. The molecule has 0 saturated carbocycles. The summed E-state index contributed by atoms with van der Waals surface area (Å²) in [6, 6.07) is 7.32. The molecule has 1 aromatic carbocycles. The highest BCUT2D eigenvalue weighted by molar-refractivity contribution is 5.76. The number of piperidine rings is 1.